The summed E-state index contributed by atoms with van der Waals surface area (Å²) in [5.74, 6) is -0.109. The molecule has 32 heavy (non-hydrogen) atoms. The Bertz CT molecular complexity index is 1070. The second-order valence-electron chi connectivity index (χ2n) is 7.13. The van der Waals surface area contributed by atoms with Crippen molar-refractivity contribution in [3.05, 3.63) is 59.8 Å². The molecular weight excluding hydrogens is 427 g/mol. The number of ether oxygens (including phenoxy) is 1. The summed E-state index contributed by atoms with van der Waals surface area (Å²) in [4.78, 5) is 24.4. The van der Waals surface area contributed by atoms with Crippen LogP contribution in [0.5, 0.6) is 0 Å². The molecule has 12 heteroatoms. The number of rotatable bonds is 5. The lowest BCUT2D eigenvalue weighted by Crippen LogP contribution is -2.50. The van der Waals surface area contributed by atoms with Crippen LogP contribution in [0.4, 0.5) is 19.0 Å². The van der Waals surface area contributed by atoms with E-state index in [0.29, 0.717) is 31.0 Å². The first-order chi connectivity index (χ1) is 15.3. The highest BCUT2D eigenvalue weighted by atomic mass is 19.4. The van der Waals surface area contributed by atoms with Crippen LogP contribution in [-0.4, -0.2) is 61.7 Å². The molecule has 3 aromatic heterocycles. The lowest BCUT2D eigenvalue weighted by atomic mass is 10.2. The fraction of sp³-hybridized carbons (Fsp3) is 0.350. The lowest BCUT2D eigenvalue weighted by Gasteiger charge is -2.35. The van der Waals surface area contributed by atoms with Gasteiger partial charge in [0.05, 0.1) is 31.1 Å². The largest absolute Gasteiger partial charge is 0.417 e. The molecule has 1 saturated heterocycles. The van der Waals surface area contributed by atoms with Crippen LogP contribution in [0, 0.1) is 6.92 Å². The number of halogens is 3. The molecule has 1 amide bonds. The number of carbonyl (C=O) groups is 1. The van der Waals surface area contributed by atoms with E-state index in [0.717, 1.165) is 12.3 Å². The van der Waals surface area contributed by atoms with E-state index >= 15 is 0 Å². The fourth-order valence-corrected chi connectivity index (χ4v) is 3.29. The second-order valence-corrected chi connectivity index (χ2v) is 7.13. The zero-order valence-corrected chi connectivity index (χ0v) is 17.1. The van der Waals surface area contributed by atoms with Crippen LogP contribution >= 0.6 is 0 Å². The number of hydrogen-bond donors (Lipinski definition) is 1. The van der Waals surface area contributed by atoms with Gasteiger partial charge in [-0.3, -0.25) is 4.79 Å². The van der Waals surface area contributed by atoms with Crippen LogP contribution in [0.15, 0.2) is 42.9 Å². The van der Waals surface area contributed by atoms with Gasteiger partial charge in [-0.1, -0.05) is 0 Å². The van der Waals surface area contributed by atoms with Gasteiger partial charge in [0.15, 0.2) is 5.69 Å². The molecule has 1 N–H and O–H groups in total. The van der Waals surface area contributed by atoms with Crippen molar-refractivity contribution in [3.8, 4) is 5.69 Å². The van der Waals surface area contributed by atoms with E-state index < -0.39 is 18.0 Å². The van der Waals surface area contributed by atoms with Gasteiger partial charge in [-0.25, -0.2) is 9.97 Å². The molecule has 168 valence electrons. The molecule has 4 heterocycles. The third-order valence-corrected chi connectivity index (χ3v) is 4.86. The molecule has 4 rings (SSSR count). The predicted molar refractivity (Wildman–Crippen MR) is 107 cm³/mol. The summed E-state index contributed by atoms with van der Waals surface area (Å²) in [6.45, 7) is 2.81. The number of amides is 1. The number of anilines is 1. The van der Waals surface area contributed by atoms with Crippen molar-refractivity contribution in [1.82, 2.24) is 29.9 Å². The van der Waals surface area contributed by atoms with E-state index in [4.69, 9.17) is 4.74 Å². The topological polar surface area (TPSA) is 98.1 Å². The van der Waals surface area contributed by atoms with Crippen molar-refractivity contribution < 1.29 is 22.7 Å². The van der Waals surface area contributed by atoms with Gasteiger partial charge in [-0.05, 0) is 37.6 Å². The average Bonchev–Trinajstić information content (AvgIpc) is 3.32. The first kappa shape index (κ1) is 21.7. The Labute approximate surface area is 181 Å². The zero-order valence-electron chi connectivity index (χ0n) is 17.1. The van der Waals surface area contributed by atoms with Gasteiger partial charge < -0.3 is 15.0 Å². The van der Waals surface area contributed by atoms with Crippen LogP contribution in [0.2, 0.25) is 0 Å². The number of aromatic nitrogens is 5. The fourth-order valence-electron chi connectivity index (χ4n) is 3.29. The number of nitrogens with zero attached hydrogens (tertiary/aromatic N) is 6. The molecule has 0 saturated carbocycles. The van der Waals surface area contributed by atoms with Gasteiger partial charge in [-0.15, -0.1) is 4.80 Å². The number of pyridine rings is 2. The molecule has 1 unspecified atom stereocenters. The highest BCUT2D eigenvalue weighted by molar-refractivity contribution is 5.96. The molecule has 1 atom stereocenters. The van der Waals surface area contributed by atoms with Gasteiger partial charge >= 0.3 is 6.18 Å². The number of nitrogens with one attached hydrogen (secondary N) is 1. The van der Waals surface area contributed by atoms with E-state index in [2.05, 4.69) is 25.5 Å². The van der Waals surface area contributed by atoms with E-state index in [1.54, 1.807) is 19.1 Å². The molecule has 0 aromatic carbocycles. The molecule has 9 nitrogen and oxygen atoms in total. The maximum Gasteiger partial charge on any atom is 0.417 e. The molecule has 1 fully saturated rings. The lowest BCUT2D eigenvalue weighted by molar-refractivity contribution is -0.137. The first-order valence-electron chi connectivity index (χ1n) is 9.87. The SMILES string of the molecule is Cc1ccc(-n2nccn2)c(C(=O)N2CCCOC2CNc2ccc(C(F)(F)F)cn2)n1. The van der Waals surface area contributed by atoms with Crippen molar-refractivity contribution in [2.75, 3.05) is 25.0 Å². The van der Waals surface area contributed by atoms with Gasteiger partial charge in [-0.2, -0.15) is 23.4 Å². The molecule has 3 aromatic rings. The van der Waals surface area contributed by atoms with Crippen molar-refractivity contribution in [1.29, 1.82) is 0 Å². The number of alkyl halides is 3. The molecule has 0 aliphatic carbocycles. The summed E-state index contributed by atoms with van der Waals surface area (Å²) in [5.41, 5.74) is 0.446. The minimum Gasteiger partial charge on any atom is -0.366 e. The Morgan fingerprint density at radius 3 is 2.69 bits per heavy atom. The predicted octanol–water partition coefficient (Wildman–Crippen LogP) is 2.69. The van der Waals surface area contributed by atoms with Crippen molar-refractivity contribution in [3.63, 3.8) is 0 Å². The average molecular weight is 447 g/mol. The molecular formula is C20H20F3N7O2. The normalized spacial score (nSPS) is 16.8. The Kier molecular flexibility index (Phi) is 6.04. The van der Waals surface area contributed by atoms with Crippen LogP contribution < -0.4 is 5.32 Å². The summed E-state index contributed by atoms with van der Waals surface area (Å²) in [6.07, 6.45) is -0.705. The highest BCUT2D eigenvalue weighted by Crippen LogP contribution is 2.29. The second kappa shape index (κ2) is 8.91. The Morgan fingerprint density at radius 1 is 1.22 bits per heavy atom. The van der Waals surface area contributed by atoms with E-state index in [-0.39, 0.29) is 24.0 Å². The van der Waals surface area contributed by atoms with Crippen molar-refractivity contribution >= 4 is 11.7 Å². The van der Waals surface area contributed by atoms with Gasteiger partial charge in [0.1, 0.15) is 17.7 Å². The maximum absolute atomic E-state index is 13.4. The maximum atomic E-state index is 13.4. The van der Waals surface area contributed by atoms with Crippen molar-refractivity contribution in [2.24, 2.45) is 0 Å². The van der Waals surface area contributed by atoms with Crippen LogP contribution in [0.3, 0.4) is 0 Å². The molecule has 1 aliphatic heterocycles. The van der Waals surface area contributed by atoms with Crippen LogP contribution in [0.1, 0.15) is 28.2 Å². The Morgan fingerprint density at radius 2 is 2.00 bits per heavy atom. The standard InChI is InChI=1S/C20H20F3N7O2/c1-13-3-5-15(30-26-7-8-27-30)18(28-13)19(31)29-9-2-10-32-17(29)12-25-16-6-4-14(11-24-16)20(21,22)23/h3-8,11,17H,2,9-10,12H2,1H3,(H,24,25). The summed E-state index contributed by atoms with van der Waals surface area (Å²) < 4.78 is 43.9. The third kappa shape index (κ3) is 4.69. The number of hydrogen-bond acceptors (Lipinski definition) is 7. The Balaban J connectivity index is 1.52. The summed E-state index contributed by atoms with van der Waals surface area (Å²) >= 11 is 0. The van der Waals surface area contributed by atoms with Crippen LogP contribution in [0.25, 0.3) is 5.69 Å². The third-order valence-electron chi connectivity index (χ3n) is 4.86. The summed E-state index contributed by atoms with van der Waals surface area (Å²) in [7, 11) is 0. The monoisotopic (exact) mass is 447 g/mol. The molecule has 0 bridgehead atoms. The summed E-state index contributed by atoms with van der Waals surface area (Å²) in [6, 6.07) is 5.67. The minimum absolute atomic E-state index is 0.144. The minimum atomic E-state index is -4.46. The molecule has 0 spiro atoms. The zero-order chi connectivity index (χ0) is 22.7. The number of carbonyl (C=O) groups excluding carboxylic acids is 1. The van der Waals surface area contributed by atoms with Gasteiger partial charge in [0.2, 0.25) is 0 Å². The van der Waals surface area contributed by atoms with E-state index in [9.17, 15) is 18.0 Å². The van der Waals surface area contributed by atoms with Crippen molar-refractivity contribution in [2.45, 2.75) is 25.7 Å². The van der Waals surface area contributed by atoms with Gasteiger partial charge in [0.25, 0.3) is 5.91 Å². The quantitative estimate of drug-likeness (QED) is 0.642. The smallest absolute Gasteiger partial charge is 0.366 e. The number of aryl methyl sites for hydroxylation is 1. The van der Waals surface area contributed by atoms with E-state index in [1.807, 2.05) is 0 Å². The van der Waals surface area contributed by atoms with Gasteiger partial charge in [0, 0.05) is 18.4 Å². The first-order valence-corrected chi connectivity index (χ1v) is 9.87. The molecule has 1 aliphatic rings. The van der Waals surface area contributed by atoms with Crippen LogP contribution in [-0.2, 0) is 10.9 Å². The highest BCUT2D eigenvalue weighted by Gasteiger charge is 2.32. The van der Waals surface area contributed by atoms with E-state index in [1.165, 1.54) is 28.2 Å². The summed E-state index contributed by atoms with van der Waals surface area (Å²) in [5, 5.41) is 11.1. The molecule has 0 radical (unpaired) electrons. The Hall–Kier alpha value is -3.54.